The monoisotopic (exact) mass is 202 g/mol. The van der Waals surface area contributed by atoms with Crippen molar-refractivity contribution in [1.29, 1.82) is 0 Å². The molecule has 3 rings (SSSR count). The smallest absolute Gasteiger partial charge is 0.0389 e. The molecule has 0 aromatic heterocycles. The van der Waals surface area contributed by atoms with Crippen LogP contribution in [-0.4, -0.2) is 31.6 Å². The van der Waals surface area contributed by atoms with Crippen molar-refractivity contribution in [3.8, 4) is 0 Å². The van der Waals surface area contributed by atoms with E-state index in [-0.39, 0.29) is 0 Å². The molecule has 2 saturated heterocycles. The van der Waals surface area contributed by atoms with Crippen LogP contribution in [0, 0.1) is 11.8 Å². The van der Waals surface area contributed by atoms with Gasteiger partial charge in [-0.15, -0.1) is 0 Å². The average molecular weight is 202 g/mol. The summed E-state index contributed by atoms with van der Waals surface area (Å²) in [5.41, 5.74) is 1.48. The zero-order valence-corrected chi connectivity index (χ0v) is 9.19. The average Bonchev–Trinajstić information content (AvgIpc) is 2.78. The summed E-state index contributed by atoms with van der Waals surface area (Å²) < 4.78 is 0. The van der Waals surface area contributed by atoms with Crippen molar-refractivity contribution in [1.82, 2.24) is 10.2 Å². The third kappa shape index (κ3) is 1.48. The molecule has 0 amide bonds. The molecule has 2 heterocycles. The molecule has 0 unspecified atom stereocenters. The van der Waals surface area contributed by atoms with Crippen molar-refractivity contribution in [2.24, 2.45) is 11.8 Å². The summed E-state index contributed by atoms with van der Waals surface area (Å²) in [5, 5.41) is 3.52. The topological polar surface area (TPSA) is 15.3 Å². The summed E-state index contributed by atoms with van der Waals surface area (Å²) in [4.78, 5) is 2.52. The van der Waals surface area contributed by atoms with Gasteiger partial charge in [0.2, 0.25) is 0 Å². The van der Waals surface area contributed by atoms with E-state index >= 15 is 0 Å². The number of likely N-dealkylation sites (tertiary alicyclic amines) is 1. The zero-order valence-electron chi connectivity index (χ0n) is 9.19. The second kappa shape index (κ2) is 3.62. The fraction of sp³-hybridized carbons (Fsp3) is 0.538. The fourth-order valence-corrected chi connectivity index (χ4v) is 3.29. The molecule has 2 heteroatoms. The number of rotatable bonds is 1. The number of hydrogen-bond donors (Lipinski definition) is 1. The molecular formula is C13H18N2. The van der Waals surface area contributed by atoms with E-state index in [2.05, 4.69) is 47.6 Å². The van der Waals surface area contributed by atoms with Gasteiger partial charge in [-0.05, 0) is 31.0 Å². The Morgan fingerprint density at radius 3 is 2.80 bits per heavy atom. The van der Waals surface area contributed by atoms with E-state index in [1.54, 1.807) is 0 Å². The summed E-state index contributed by atoms with van der Waals surface area (Å²) in [6.07, 6.45) is 0. The maximum atomic E-state index is 3.52. The SMILES string of the molecule is CN1C[C@H]2CNC[C@@H]2[C@@H]1c1ccccc1. The lowest BCUT2D eigenvalue weighted by Gasteiger charge is -2.24. The molecule has 80 valence electrons. The molecule has 0 aliphatic carbocycles. The first-order valence-electron chi connectivity index (χ1n) is 5.82. The van der Waals surface area contributed by atoms with Gasteiger partial charge < -0.3 is 5.32 Å². The lowest BCUT2D eigenvalue weighted by molar-refractivity contribution is 0.276. The Bertz CT molecular complexity index is 336. The maximum Gasteiger partial charge on any atom is 0.0389 e. The molecule has 0 bridgehead atoms. The van der Waals surface area contributed by atoms with E-state index in [0.29, 0.717) is 6.04 Å². The van der Waals surface area contributed by atoms with Gasteiger partial charge in [0.25, 0.3) is 0 Å². The summed E-state index contributed by atoms with van der Waals surface area (Å²) in [6.45, 7) is 3.64. The Labute approximate surface area is 91.3 Å². The van der Waals surface area contributed by atoms with Crippen molar-refractivity contribution in [3.05, 3.63) is 35.9 Å². The van der Waals surface area contributed by atoms with Gasteiger partial charge in [0, 0.05) is 19.1 Å². The van der Waals surface area contributed by atoms with E-state index in [1.807, 2.05) is 0 Å². The molecule has 15 heavy (non-hydrogen) atoms. The highest BCUT2D eigenvalue weighted by molar-refractivity contribution is 5.22. The molecule has 3 atom stereocenters. The normalized spacial score (nSPS) is 35.7. The van der Waals surface area contributed by atoms with E-state index < -0.39 is 0 Å². The van der Waals surface area contributed by atoms with Crippen molar-refractivity contribution in [3.63, 3.8) is 0 Å². The van der Waals surface area contributed by atoms with Crippen LogP contribution in [0.15, 0.2) is 30.3 Å². The Morgan fingerprint density at radius 2 is 2.00 bits per heavy atom. The number of nitrogens with one attached hydrogen (secondary N) is 1. The molecule has 2 fully saturated rings. The largest absolute Gasteiger partial charge is 0.316 e. The summed E-state index contributed by atoms with van der Waals surface area (Å²) in [6, 6.07) is 11.6. The van der Waals surface area contributed by atoms with E-state index in [4.69, 9.17) is 0 Å². The summed E-state index contributed by atoms with van der Waals surface area (Å²) in [7, 11) is 2.26. The lowest BCUT2D eigenvalue weighted by Crippen LogP contribution is -2.25. The van der Waals surface area contributed by atoms with Crippen LogP contribution in [0.1, 0.15) is 11.6 Å². The molecule has 0 radical (unpaired) electrons. The third-order valence-corrected chi connectivity index (χ3v) is 3.94. The summed E-state index contributed by atoms with van der Waals surface area (Å²) in [5.74, 6) is 1.68. The Morgan fingerprint density at radius 1 is 1.20 bits per heavy atom. The Balaban J connectivity index is 1.91. The van der Waals surface area contributed by atoms with Crippen molar-refractivity contribution in [2.75, 3.05) is 26.7 Å². The van der Waals surface area contributed by atoms with Gasteiger partial charge in [0.1, 0.15) is 0 Å². The molecule has 2 aliphatic rings. The number of benzene rings is 1. The predicted octanol–water partition coefficient (Wildman–Crippen LogP) is 1.51. The minimum absolute atomic E-state index is 0.631. The zero-order chi connectivity index (χ0) is 10.3. The maximum absolute atomic E-state index is 3.52. The minimum atomic E-state index is 0.631. The predicted molar refractivity (Wildman–Crippen MR) is 61.7 cm³/mol. The van der Waals surface area contributed by atoms with E-state index in [9.17, 15) is 0 Å². The second-order valence-electron chi connectivity index (χ2n) is 4.88. The first-order valence-corrected chi connectivity index (χ1v) is 5.82. The highest BCUT2D eigenvalue weighted by Crippen LogP contribution is 2.41. The van der Waals surface area contributed by atoms with E-state index in [1.165, 1.54) is 25.2 Å². The molecule has 2 nitrogen and oxygen atoms in total. The molecule has 1 aromatic carbocycles. The summed E-state index contributed by atoms with van der Waals surface area (Å²) >= 11 is 0. The van der Waals surface area contributed by atoms with Crippen molar-refractivity contribution < 1.29 is 0 Å². The van der Waals surface area contributed by atoms with Crippen molar-refractivity contribution >= 4 is 0 Å². The van der Waals surface area contributed by atoms with Crippen LogP contribution in [0.25, 0.3) is 0 Å². The quantitative estimate of drug-likeness (QED) is 0.742. The van der Waals surface area contributed by atoms with Crippen LogP contribution in [0.5, 0.6) is 0 Å². The van der Waals surface area contributed by atoms with Crippen LogP contribution in [0.3, 0.4) is 0 Å². The van der Waals surface area contributed by atoms with Crippen LogP contribution < -0.4 is 5.32 Å². The number of fused-ring (bicyclic) bond motifs is 1. The second-order valence-corrected chi connectivity index (χ2v) is 4.88. The van der Waals surface area contributed by atoms with Crippen LogP contribution in [0.4, 0.5) is 0 Å². The number of nitrogens with zero attached hydrogens (tertiary/aromatic N) is 1. The third-order valence-electron chi connectivity index (χ3n) is 3.94. The molecular weight excluding hydrogens is 184 g/mol. The van der Waals surface area contributed by atoms with Gasteiger partial charge in [0.15, 0.2) is 0 Å². The van der Waals surface area contributed by atoms with Gasteiger partial charge in [-0.1, -0.05) is 30.3 Å². The van der Waals surface area contributed by atoms with Crippen LogP contribution >= 0.6 is 0 Å². The number of hydrogen-bond acceptors (Lipinski definition) is 2. The fourth-order valence-electron chi connectivity index (χ4n) is 3.29. The van der Waals surface area contributed by atoms with Crippen molar-refractivity contribution in [2.45, 2.75) is 6.04 Å². The Kier molecular flexibility index (Phi) is 2.26. The standard InChI is InChI=1S/C13H18N2/c1-15-9-11-7-14-8-12(11)13(15)10-5-3-2-4-6-10/h2-6,11-14H,7-9H2,1H3/t11-,12+,13+/m1/s1. The van der Waals surface area contributed by atoms with Gasteiger partial charge in [-0.2, -0.15) is 0 Å². The molecule has 0 saturated carbocycles. The van der Waals surface area contributed by atoms with Crippen LogP contribution in [0.2, 0.25) is 0 Å². The van der Waals surface area contributed by atoms with Crippen LogP contribution in [-0.2, 0) is 0 Å². The van der Waals surface area contributed by atoms with Gasteiger partial charge in [-0.3, -0.25) is 4.90 Å². The Hall–Kier alpha value is -0.860. The molecule has 1 aromatic rings. The van der Waals surface area contributed by atoms with Gasteiger partial charge >= 0.3 is 0 Å². The minimum Gasteiger partial charge on any atom is -0.316 e. The van der Waals surface area contributed by atoms with Gasteiger partial charge in [0.05, 0.1) is 0 Å². The lowest BCUT2D eigenvalue weighted by atomic mass is 9.90. The van der Waals surface area contributed by atoms with Gasteiger partial charge in [-0.25, -0.2) is 0 Å². The molecule has 0 spiro atoms. The highest BCUT2D eigenvalue weighted by Gasteiger charge is 2.42. The molecule has 2 aliphatic heterocycles. The van der Waals surface area contributed by atoms with E-state index in [0.717, 1.165) is 11.8 Å². The molecule has 1 N–H and O–H groups in total. The first-order chi connectivity index (χ1) is 7.36. The highest BCUT2D eigenvalue weighted by atomic mass is 15.2. The first kappa shape index (κ1) is 9.37.